The van der Waals surface area contributed by atoms with Crippen molar-refractivity contribution in [3.63, 3.8) is 0 Å². The predicted molar refractivity (Wildman–Crippen MR) is 102 cm³/mol. The van der Waals surface area contributed by atoms with Crippen molar-refractivity contribution in [3.8, 4) is 11.5 Å². The van der Waals surface area contributed by atoms with Crippen LogP contribution >= 0.6 is 11.8 Å². The number of likely N-dealkylation sites (N-methyl/N-ethyl adjacent to an activating group) is 1. The van der Waals surface area contributed by atoms with Crippen molar-refractivity contribution in [2.75, 3.05) is 39.5 Å². The molecule has 1 fully saturated rings. The van der Waals surface area contributed by atoms with Crippen LogP contribution < -0.4 is 4.74 Å². The Balaban J connectivity index is 1.83. The fourth-order valence-corrected chi connectivity index (χ4v) is 3.71. The molecular formula is C20H22N2OS. The summed E-state index contributed by atoms with van der Waals surface area (Å²) in [5.41, 5.74) is 3.62. The first-order chi connectivity index (χ1) is 11.7. The molecule has 124 valence electrons. The van der Waals surface area contributed by atoms with Gasteiger partial charge in [0.25, 0.3) is 0 Å². The maximum absolute atomic E-state index is 6.25. The summed E-state index contributed by atoms with van der Waals surface area (Å²) in [5.74, 6) is 1.88. The summed E-state index contributed by atoms with van der Waals surface area (Å²) in [7, 11) is 2.19. The maximum atomic E-state index is 6.25. The number of para-hydroxylation sites is 1. The number of fused-ring (bicyclic) bond motifs is 2. The molecule has 0 bridgehead atoms. The van der Waals surface area contributed by atoms with Crippen LogP contribution in [0.4, 0.5) is 0 Å². The van der Waals surface area contributed by atoms with Crippen molar-refractivity contribution in [3.05, 3.63) is 53.6 Å². The van der Waals surface area contributed by atoms with Crippen molar-refractivity contribution in [1.82, 2.24) is 9.80 Å². The van der Waals surface area contributed by atoms with E-state index in [0.717, 1.165) is 43.2 Å². The Hall–Kier alpha value is -1.91. The molecule has 2 aliphatic rings. The Bertz CT molecular complexity index is 779. The van der Waals surface area contributed by atoms with Gasteiger partial charge in [0.1, 0.15) is 11.5 Å². The largest absolute Gasteiger partial charge is 0.456 e. The summed E-state index contributed by atoms with van der Waals surface area (Å²) in [6, 6.07) is 14.8. The second-order valence-corrected chi connectivity index (χ2v) is 7.20. The molecular weight excluding hydrogens is 316 g/mol. The summed E-state index contributed by atoms with van der Waals surface area (Å²) < 4.78 is 6.25. The Kier molecular flexibility index (Phi) is 4.25. The summed E-state index contributed by atoms with van der Waals surface area (Å²) in [4.78, 5) is 6.15. The van der Waals surface area contributed by atoms with Crippen LogP contribution in [-0.2, 0) is 0 Å². The molecule has 3 nitrogen and oxygen atoms in total. The molecule has 2 aromatic rings. The molecule has 0 unspecified atom stereocenters. The molecule has 0 aliphatic carbocycles. The SMILES string of the molecule is CSc1ccc2c(c1)C(N1CCN(C)CC1)=Cc1ccccc1O2. The van der Waals surface area contributed by atoms with Crippen LogP contribution in [0.5, 0.6) is 11.5 Å². The summed E-state index contributed by atoms with van der Waals surface area (Å²) >= 11 is 1.77. The minimum atomic E-state index is 0.930. The Morgan fingerprint density at radius 1 is 0.958 bits per heavy atom. The molecule has 24 heavy (non-hydrogen) atoms. The number of hydrogen-bond donors (Lipinski definition) is 0. The zero-order valence-corrected chi connectivity index (χ0v) is 15.0. The van der Waals surface area contributed by atoms with Gasteiger partial charge < -0.3 is 14.5 Å². The first-order valence-corrected chi connectivity index (χ1v) is 9.57. The maximum Gasteiger partial charge on any atom is 0.136 e. The Labute approximate surface area is 147 Å². The van der Waals surface area contributed by atoms with Gasteiger partial charge in [-0.3, -0.25) is 0 Å². The molecule has 0 N–H and O–H groups in total. The average molecular weight is 338 g/mol. The van der Waals surface area contributed by atoms with E-state index in [9.17, 15) is 0 Å². The molecule has 2 aliphatic heterocycles. The minimum absolute atomic E-state index is 0.930. The summed E-state index contributed by atoms with van der Waals surface area (Å²) in [6.07, 6.45) is 4.41. The fraction of sp³-hybridized carbons (Fsp3) is 0.300. The van der Waals surface area contributed by atoms with Crippen LogP contribution in [0.25, 0.3) is 11.8 Å². The van der Waals surface area contributed by atoms with Crippen molar-refractivity contribution >= 4 is 23.5 Å². The third-order valence-corrected chi connectivity index (χ3v) is 5.46. The lowest BCUT2D eigenvalue weighted by Gasteiger charge is -2.35. The standard InChI is InChI=1S/C20H22N2OS/c1-21-9-11-22(12-10-21)18-13-15-5-3-4-6-19(15)23-20-8-7-16(24-2)14-17(18)20/h3-8,13-14H,9-12H2,1-2H3. The van der Waals surface area contributed by atoms with E-state index in [1.54, 1.807) is 11.8 Å². The number of ether oxygens (including phenoxy) is 1. The van der Waals surface area contributed by atoms with Crippen LogP contribution in [0, 0.1) is 0 Å². The zero-order chi connectivity index (χ0) is 16.5. The number of benzene rings is 2. The minimum Gasteiger partial charge on any atom is -0.456 e. The Morgan fingerprint density at radius 2 is 1.75 bits per heavy atom. The highest BCUT2D eigenvalue weighted by Crippen LogP contribution is 2.40. The van der Waals surface area contributed by atoms with Gasteiger partial charge in [-0.2, -0.15) is 0 Å². The third-order valence-electron chi connectivity index (χ3n) is 4.74. The molecule has 2 aromatic carbocycles. The van der Waals surface area contributed by atoms with Crippen LogP contribution in [0.1, 0.15) is 11.1 Å². The molecule has 0 spiro atoms. The number of rotatable bonds is 2. The number of hydrogen-bond acceptors (Lipinski definition) is 4. The lowest BCUT2D eigenvalue weighted by Crippen LogP contribution is -2.43. The first kappa shape index (κ1) is 15.6. The number of nitrogens with zero attached hydrogens (tertiary/aromatic N) is 2. The third kappa shape index (κ3) is 2.92. The van der Waals surface area contributed by atoms with E-state index in [0.29, 0.717) is 0 Å². The molecule has 0 saturated carbocycles. The second-order valence-electron chi connectivity index (χ2n) is 6.32. The Morgan fingerprint density at radius 3 is 2.54 bits per heavy atom. The quantitative estimate of drug-likeness (QED) is 0.760. The highest BCUT2D eigenvalue weighted by atomic mass is 32.2. The zero-order valence-electron chi connectivity index (χ0n) is 14.2. The van der Waals surface area contributed by atoms with E-state index in [4.69, 9.17) is 4.74 Å². The van der Waals surface area contributed by atoms with Crippen LogP contribution in [0.15, 0.2) is 47.4 Å². The lowest BCUT2D eigenvalue weighted by atomic mass is 10.1. The van der Waals surface area contributed by atoms with Gasteiger partial charge >= 0.3 is 0 Å². The van der Waals surface area contributed by atoms with E-state index in [1.165, 1.54) is 16.2 Å². The van der Waals surface area contributed by atoms with E-state index in [1.807, 2.05) is 12.1 Å². The molecule has 1 saturated heterocycles. The molecule has 0 aromatic heterocycles. The van der Waals surface area contributed by atoms with Crippen LogP contribution in [0.2, 0.25) is 0 Å². The highest BCUT2D eigenvalue weighted by Gasteiger charge is 2.23. The van der Waals surface area contributed by atoms with E-state index < -0.39 is 0 Å². The van der Waals surface area contributed by atoms with Crippen LogP contribution in [0.3, 0.4) is 0 Å². The summed E-state index contributed by atoms with van der Waals surface area (Å²) in [6.45, 7) is 4.29. The predicted octanol–water partition coefficient (Wildman–Crippen LogP) is 4.26. The fourth-order valence-electron chi connectivity index (χ4n) is 3.27. The van der Waals surface area contributed by atoms with E-state index >= 15 is 0 Å². The normalized spacial score (nSPS) is 17.4. The lowest BCUT2D eigenvalue weighted by molar-refractivity contribution is 0.207. The van der Waals surface area contributed by atoms with Gasteiger partial charge in [-0.25, -0.2) is 0 Å². The molecule has 4 rings (SSSR count). The average Bonchev–Trinajstić information content (AvgIpc) is 2.78. The van der Waals surface area contributed by atoms with Crippen molar-refractivity contribution in [2.24, 2.45) is 0 Å². The van der Waals surface area contributed by atoms with E-state index in [-0.39, 0.29) is 0 Å². The van der Waals surface area contributed by atoms with Gasteiger partial charge in [-0.1, -0.05) is 18.2 Å². The second kappa shape index (κ2) is 6.54. The van der Waals surface area contributed by atoms with Gasteiger partial charge in [0.2, 0.25) is 0 Å². The topological polar surface area (TPSA) is 15.7 Å². The molecule has 0 amide bonds. The van der Waals surface area contributed by atoms with Gasteiger partial charge in [0, 0.05) is 47.9 Å². The highest BCUT2D eigenvalue weighted by molar-refractivity contribution is 7.98. The van der Waals surface area contributed by atoms with Crippen molar-refractivity contribution in [2.45, 2.75) is 4.90 Å². The summed E-state index contributed by atoms with van der Waals surface area (Å²) in [5, 5.41) is 0. The molecule has 0 atom stereocenters. The first-order valence-electron chi connectivity index (χ1n) is 8.35. The monoisotopic (exact) mass is 338 g/mol. The van der Waals surface area contributed by atoms with Crippen molar-refractivity contribution in [1.29, 1.82) is 0 Å². The van der Waals surface area contributed by atoms with Gasteiger partial charge in [0.05, 0.1) is 0 Å². The number of thioether (sulfide) groups is 1. The van der Waals surface area contributed by atoms with E-state index in [2.05, 4.69) is 59.5 Å². The van der Waals surface area contributed by atoms with Crippen molar-refractivity contribution < 1.29 is 4.74 Å². The molecule has 4 heteroatoms. The molecule has 0 radical (unpaired) electrons. The number of piperazine rings is 1. The van der Waals surface area contributed by atoms with Crippen LogP contribution in [-0.4, -0.2) is 49.3 Å². The van der Waals surface area contributed by atoms with Gasteiger partial charge in [-0.15, -0.1) is 11.8 Å². The van der Waals surface area contributed by atoms with Gasteiger partial charge in [-0.05, 0) is 43.6 Å². The molecule has 2 heterocycles. The smallest absolute Gasteiger partial charge is 0.136 e. The van der Waals surface area contributed by atoms with Gasteiger partial charge in [0.15, 0.2) is 0 Å².